The van der Waals surface area contributed by atoms with Gasteiger partial charge in [-0.3, -0.25) is 4.98 Å². The maximum atomic E-state index is 5.66. The predicted octanol–water partition coefficient (Wildman–Crippen LogP) is 1.57. The number of aromatic nitrogens is 1. The minimum Gasteiger partial charge on any atom is -0.397 e. The van der Waals surface area contributed by atoms with Gasteiger partial charge in [-0.05, 0) is 30.9 Å². The zero-order chi connectivity index (χ0) is 12.1. The SMILES string of the molecule is CCC1OCCC1CNCc1ccc(N)cn1. The molecule has 1 aliphatic heterocycles. The molecule has 0 amide bonds. The van der Waals surface area contributed by atoms with Crippen molar-refractivity contribution in [1.82, 2.24) is 10.3 Å². The molecule has 4 nitrogen and oxygen atoms in total. The van der Waals surface area contributed by atoms with Crippen molar-refractivity contribution < 1.29 is 4.74 Å². The zero-order valence-electron chi connectivity index (χ0n) is 10.4. The highest BCUT2D eigenvalue weighted by Crippen LogP contribution is 2.22. The summed E-state index contributed by atoms with van der Waals surface area (Å²) in [6.07, 6.45) is 4.40. The van der Waals surface area contributed by atoms with Crippen molar-refractivity contribution in [3.05, 3.63) is 24.0 Å². The monoisotopic (exact) mass is 235 g/mol. The molecule has 0 bridgehead atoms. The lowest BCUT2D eigenvalue weighted by atomic mass is 10.00. The average molecular weight is 235 g/mol. The molecule has 2 rings (SSSR count). The van der Waals surface area contributed by atoms with E-state index in [-0.39, 0.29) is 0 Å². The van der Waals surface area contributed by atoms with Crippen LogP contribution in [0.1, 0.15) is 25.5 Å². The van der Waals surface area contributed by atoms with E-state index in [0.717, 1.165) is 31.8 Å². The van der Waals surface area contributed by atoms with Crippen LogP contribution in [0, 0.1) is 5.92 Å². The summed E-state index contributed by atoms with van der Waals surface area (Å²) in [6.45, 7) is 4.90. The predicted molar refractivity (Wildman–Crippen MR) is 68.5 cm³/mol. The number of nitrogen functional groups attached to an aromatic ring is 1. The standard InChI is InChI=1S/C13H21N3O/c1-2-13-10(5-6-17-13)7-15-9-12-4-3-11(14)8-16-12/h3-4,8,10,13,15H,2,5-7,9,14H2,1H3. The van der Waals surface area contributed by atoms with Gasteiger partial charge < -0.3 is 15.8 Å². The fourth-order valence-corrected chi connectivity index (χ4v) is 2.30. The number of pyridine rings is 1. The van der Waals surface area contributed by atoms with Gasteiger partial charge in [0.25, 0.3) is 0 Å². The van der Waals surface area contributed by atoms with Crippen LogP contribution in [0.4, 0.5) is 5.69 Å². The van der Waals surface area contributed by atoms with Gasteiger partial charge in [-0.15, -0.1) is 0 Å². The smallest absolute Gasteiger partial charge is 0.0613 e. The molecular weight excluding hydrogens is 214 g/mol. The second-order valence-corrected chi connectivity index (χ2v) is 4.58. The van der Waals surface area contributed by atoms with Gasteiger partial charge in [-0.25, -0.2) is 0 Å². The van der Waals surface area contributed by atoms with Gasteiger partial charge in [0, 0.05) is 19.7 Å². The van der Waals surface area contributed by atoms with Crippen LogP contribution < -0.4 is 11.1 Å². The summed E-state index contributed by atoms with van der Waals surface area (Å²) in [5, 5.41) is 3.44. The summed E-state index contributed by atoms with van der Waals surface area (Å²) in [7, 11) is 0. The number of nitrogens with one attached hydrogen (secondary N) is 1. The van der Waals surface area contributed by atoms with Gasteiger partial charge >= 0.3 is 0 Å². The van der Waals surface area contributed by atoms with E-state index < -0.39 is 0 Å². The Kier molecular flexibility index (Phi) is 4.34. The number of ether oxygens (including phenoxy) is 1. The summed E-state index contributed by atoms with van der Waals surface area (Å²) >= 11 is 0. The molecular formula is C13H21N3O. The Bertz CT molecular complexity index is 339. The molecule has 1 fully saturated rings. The molecule has 4 heteroatoms. The highest BCUT2D eigenvalue weighted by atomic mass is 16.5. The quantitative estimate of drug-likeness (QED) is 0.813. The first-order valence-corrected chi connectivity index (χ1v) is 6.32. The van der Waals surface area contributed by atoms with Crippen molar-refractivity contribution in [3.63, 3.8) is 0 Å². The molecule has 2 atom stereocenters. The average Bonchev–Trinajstić information content (AvgIpc) is 2.79. The van der Waals surface area contributed by atoms with Crippen LogP contribution in [0.5, 0.6) is 0 Å². The molecule has 1 aliphatic rings. The normalized spacial score (nSPS) is 24.1. The molecule has 2 heterocycles. The molecule has 0 aliphatic carbocycles. The first-order chi connectivity index (χ1) is 8.29. The summed E-state index contributed by atoms with van der Waals surface area (Å²) in [4.78, 5) is 4.26. The van der Waals surface area contributed by atoms with E-state index in [2.05, 4.69) is 17.2 Å². The Hall–Kier alpha value is -1.13. The van der Waals surface area contributed by atoms with Crippen molar-refractivity contribution in [3.8, 4) is 0 Å². The Labute approximate surface area is 103 Å². The van der Waals surface area contributed by atoms with E-state index >= 15 is 0 Å². The molecule has 2 unspecified atom stereocenters. The number of nitrogens with zero attached hydrogens (tertiary/aromatic N) is 1. The van der Waals surface area contributed by atoms with E-state index in [4.69, 9.17) is 10.5 Å². The lowest BCUT2D eigenvalue weighted by Gasteiger charge is -2.17. The Morgan fingerprint density at radius 3 is 3.12 bits per heavy atom. The van der Waals surface area contributed by atoms with Gasteiger partial charge in [0.2, 0.25) is 0 Å². The maximum absolute atomic E-state index is 5.66. The van der Waals surface area contributed by atoms with Gasteiger partial charge in [0.15, 0.2) is 0 Å². The van der Waals surface area contributed by atoms with Crippen LogP contribution in [-0.4, -0.2) is 24.2 Å². The fraction of sp³-hybridized carbons (Fsp3) is 0.615. The third-order valence-electron chi connectivity index (χ3n) is 3.31. The summed E-state index contributed by atoms with van der Waals surface area (Å²) < 4.78 is 5.66. The van der Waals surface area contributed by atoms with Crippen LogP contribution >= 0.6 is 0 Å². The molecule has 0 aromatic carbocycles. The van der Waals surface area contributed by atoms with Crippen molar-refractivity contribution in [2.24, 2.45) is 5.92 Å². The van der Waals surface area contributed by atoms with E-state index in [1.807, 2.05) is 12.1 Å². The lowest BCUT2D eigenvalue weighted by molar-refractivity contribution is 0.0872. The van der Waals surface area contributed by atoms with E-state index in [9.17, 15) is 0 Å². The lowest BCUT2D eigenvalue weighted by Crippen LogP contribution is -2.28. The van der Waals surface area contributed by atoms with E-state index in [1.54, 1.807) is 6.20 Å². The second kappa shape index (κ2) is 5.98. The van der Waals surface area contributed by atoms with Crippen LogP contribution in [-0.2, 0) is 11.3 Å². The van der Waals surface area contributed by atoms with Gasteiger partial charge in [0.05, 0.1) is 23.7 Å². The minimum atomic E-state index is 0.432. The van der Waals surface area contributed by atoms with E-state index in [0.29, 0.717) is 17.7 Å². The molecule has 94 valence electrons. The van der Waals surface area contributed by atoms with Crippen LogP contribution in [0.3, 0.4) is 0 Å². The molecule has 1 aromatic heterocycles. The fourth-order valence-electron chi connectivity index (χ4n) is 2.30. The molecule has 0 radical (unpaired) electrons. The largest absolute Gasteiger partial charge is 0.397 e. The van der Waals surface area contributed by atoms with Crippen molar-refractivity contribution in [1.29, 1.82) is 0 Å². The molecule has 1 aromatic rings. The molecule has 1 saturated heterocycles. The Morgan fingerprint density at radius 2 is 2.41 bits per heavy atom. The number of anilines is 1. The van der Waals surface area contributed by atoms with Gasteiger partial charge in [-0.1, -0.05) is 6.92 Å². The number of nitrogens with two attached hydrogens (primary N) is 1. The number of hydrogen-bond donors (Lipinski definition) is 2. The Balaban J connectivity index is 1.74. The van der Waals surface area contributed by atoms with Crippen molar-refractivity contribution in [2.75, 3.05) is 18.9 Å². The molecule has 0 saturated carbocycles. The van der Waals surface area contributed by atoms with Crippen LogP contribution in [0.2, 0.25) is 0 Å². The zero-order valence-corrected chi connectivity index (χ0v) is 10.4. The van der Waals surface area contributed by atoms with Crippen LogP contribution in [0.15, 0.2) is 18.3 Å². The first kappa shape index (κ1) is 12.3. The topological polar surface area (TPSA) is 60.2 Å². The van der Waals surface area contributed by atoms with Crippen molar-refractivity contribution >= 4 is 5.69 Å². The van der Waals surface area contributed by atoms with Gasteiger partial charge in [0.1, 0.15) is 0 Å². The van der Waals surface area contributed by atoms with E-state index in [1.165, 1.54) is 6.42 Å². The Morgan fingerprint density at radius 1 is 1.53 bits per heavy atom. The third-order valence-corrected chi connectivity index (χ3v) is 3.31. The van der Waals surface area contributed by atoms with Gasteiger partial charge in [-0.2, -0.15) is 0 Å². The summed E-state index contributed by atoms with van der Waals surface area (Å²) in [5.41, 5.74) is 7.34. The molecule has 17 heavy (non-hydrogen) atoms. The second-order valence-electron chi connectivity index (χ2n) is 4.58. The summed E-state index contributed by atoms with van der Waals surface area (Å²) in [5.74, 6) is 0.647. The third kappa shape index (κ3) is 3.41. The molecule has 3 N–H and O–H groups in total. The highest BCUT2D eigenvalue weighted by Gasteiger charge is 2.25. The number of rotatable bonds is 5. The minimum absolute atomic E-state index is 0.432. The highest BCUT2D eigenvalue weighted by molar-refractivity contribution is 5.34. The van der Waals surface area contributed by atoms with Crippen LogP contribution in [0.25, 0.3) is 0 Å². The first-order valence-electron chi connectivity index (χ1n) is 6.32. The van der Waals surface area contributed by atoms with Crippen molar-refractivity contribution in [2.45, 2.75) is 32.4 Å². The maximum Gasteiger partial charge on any atom is 0.0613 e. The number of hydrogen-bond acceptors (Lipinski definition) is 4. The summed E-state index contributed by atoms with van der Waals surface area (Å²) in [6, 6.07) is 3.85. The molecule has 0 spiro atoms.